The zero-order valence-corrected chi connectivity index (χ0v) is 16.9. The predicted octanol–water partition coefficient (Wildman–Crippen LogP) is 1.71. The van der Waals surface area contributed by atoms with Gasteiger partial charge in [0.1, 0.15) is 17.2 Å². The van der Waals surface area contributed by atoms with Crippen LogP contribution < -0.4 is 10.6 Å². The molecule has 0 aliphatic carbocycles. The predicted molar refractivity (Wildman–Crippen MR) is 114 cm³/mol. The van der Waals surface area contributed by atoms with Crippen molar-refractivity contribution in [2.24, 2.45) is 15.8 Å². The first-order valence-electron chi connectivity index (χ1n) is 9.61. The maximum Gasteiger partial charge on any atom is 0.271 e. The molecule has 0 aromatic carbocycles. The number of hydrogen-bond donors (Lipinski definition) is 1. The van der Waals surface area contributed by atoms with Crippen molar-refractivity contribution in [1.82, 2.24) is 24.8 Å². The standard InChI is InChI=1S/C20H21N9O/c1-4-28(5-2)15-10-9-13(12(3)23-15)24-17-16(18(21)30)26-29-20(17)25-19(27-29)14-8-6-7-11-22-14/h6-11H,4-5H2,1-3H3,(H2,21,30). The highest BCUT2D eigenvalue weighted by Crippen LogP contribution is 2.24. The van der Waals surface area contributed by atoms with E-state index in [1.54, 1.807) is 18.3 Å². The molecule has 30 heavy (non-hydrogen) atoms. The van der Waals surface area contributed by atoms with Crippen LogP contribution in [-0.2, 0) is 4.79 Å². The molecule has 0 fully saturated rings. The lowest BCUT2D eigenvalue weighted by atomic mass is 10.2. The van der Waals surface area contributed by atoms with E-state index < -0.39 is 5.91 Å². The molecule has 152 valence electrons. The van der Waals surface area contributed by atoms with Gasteiger partial charge in [0, 0.05) is 19.3 Å². The van der Waals surface area contributed by atoms with Crippen LogP contribution in [0, 0.1) is 6.92 Å². The van der Waals surface area contributed by atoms with Crippen LogP contribution in [0.25, 0.3) is 11.5 Å². The summed E-state index contributed by atoms with van der Waals surface area (Å²) in [5, 5.41) is 8.49. The summed E-state index contributed by atoms with van der Waals surface area (Å²) in [5.41, 5.74) is 7.70. The molecule has 0 unspecified atom stereocenters. The molecule has 3 aromatic rings. The van der Waals surface area contributed by atoms with Gasteiger partial charge in [-0.1, -0.05) is 6.07 Å². The van der Waals surface area contributed by atoms with Crippen molar-refractivity contribution in [2.75, 3.05) is 18.0 Å². The Kier molecular flexibility index (Phi) is 5.05. The van der Waals surface area contributed by atoms with Crippen LogP contribution in [0.2, 0.25) is 0 Å². The van der Waals surface area contributed by atoms with Crippen molar-refractivity contribution in [3.05, 3.63) is 48.0 Å². The fourth-order valence-electron chi connectivity index (χ4n) is 3.15. The summed E-state index contributed by atoms with van der Waals surface area (Å²) >= 11 is 0. The van der Waals surface area contributed by atoms with E-state index in [-0.39, 0.29) is 11.4 Å². The lowest BCUT2D eigenvalue weighted by Gasteiger charge is -2.20. The maximum absolute atomic E-state index is 11.9. The SMILES string of the molecule is CCN(CC)c1ccc(N=C2C(C(N)=O)=Nn3nc(-c4ccccn4)nc32)c(C)n1. The molecule has 0 spiro atoms. The van der Waals surface area contributed by atoms with Gasteiger partial charge < -0.3 is 10.6 Å². The van der Waals surface area contributed by atoms with E-state index in [4.69, 9.17) is 5.73 Å². The number of nitrogens with two attached hydrogens (primary N) is 1. The Labute approximate surface area is 173 Å². The number of amides is 1. The molecule has 3 aromatic heterocycles. The van der Waals surface area contributed by atoms with Crippen molar-refractivity contribution >= 4 is 28.8 Å². The molecule has 10 heteroatoms. The van der Waals surface area contributed by atoms with Crippen LogP contribution in [0.15, 0.2) is 46.6 Å². The van der Waals surface area contributed by atoms with E-state index >= 15 is 0 Å². The Morgan fingerprint density at radius 3 is 2.60 bits per heavy atom. The van der Waals surface area contributed by atoms with Gasteiger partial charge in [0.2, 0.25) is 11.6 Å². The second-order valence-electron chi connectivity index (χ2n) is 6.58. The molecule has 1 aliphatic rings. The lowest BCUT2D eigenvalue weighted by Crippen LogP contribution is -2.29. The monoisotopic (exact) mass is 403 g/mol. The normalized spacial score (nSPS) is 14.0. The Balaban J connectivity index is 1.77. The number of nitrogens with zero attached hydrogens (tertiary/aromatic N) is 8. The average Bonchev–Trinajstić information content (AvgIpc) is 3.30. The van der Waals surface area contributed by atoms with E-state index in [1.807, 2.05) is 25.1 Å². The quantitative estimate of drug-likeness (QED) is 0.667. The molecule has 0 saturated heterocycles. The van der Waals surface area contributed by atoms with Crippen LogP contribution in [0.3, 0.4) is 0 Å². The molecule has 10 nitrogen and oxygen atoms in total. The third-order valence-electron chi connectivity index (χ3n) is 4.71. The van der Waals surface area contributed by atoms with Gasteiger partial charge in [0.15, 0.2) is 5.71 Å². The highest BCUT2D eigenvalue weighted by atomic mass is 16.1. The Morgan fingerprint density at radius 1 is 1.17 bits per heavy atom. The minimum atomic E-state index is -0.703. The average molecular weight is 403 g/mol. The number of carbonyl (C=O) groups excluding carboxylic acids is 1. The first-order valence-corrected chi connectivity index (χ1v) is 9.61. The van der Waals surface area contributed by atoms with Crippen LogP contribution in [0.4, 0.5) is 11.5 Å². The number of aryl methyl sites for hydroxylation is 1. The van der Waals surface area contributed by atoms with Gasteiger partial charge in [-0.25, -0.2) is 15.0 Å². The van der Waals surface area contributed by atoms with Gasteiger partial charge >= 0.3 is 0 Å². The van der Waals surface area contributed by atoms with E-state index in [1.165, 1.54) is 4.79 Å². The first kappa shape index (κ1) is 19.4. The fraction of sp³-hybridized carbons (Fsp3) is 0.250. The number of primary amides is 1. The second kappa shape index (κ2) is 7.82. The third-order valence-corrected chi connectivity index (χ3v) is 4.71. The smallest absolute Gasteiger partial charge is 0.271 e. The zero-order valence-electron chi connectivity index (χ0n) is 16.9. The molecule has 0 bridgehead atoms. The third kappa shape index (κ3) is 3.43. The van der Waals surface area contributed by atoms with E-state index in [0.717, 1.165) is 24.6 Å². The number of carbonyl (C=O) groups is 1. The maximum atomic E-state index is 11.9. The molecule has 1 amide bonds. The van der Waals surface area contributed by atoms with E-state index in [0.29, 0.717) is 23.0 Å². The van der Waals surface area contributed by atoms with Gasteiger partial charge in [-0.2, -0.15) is 0 Å². The van der Waals surface area contributed by atoms with Crippen LogP contribution in [0.1, 0.15) is 25.4 Å². The van der Waals surface area contributed by atoms with E-state index in [2.05, 4.69) is 48.9 Å². The summed E-state index contributed by atoms with van der Waals surface area (Å²) < 4.78 is 0. The molecule has 4 rings (SSSR count). The molecule has 4 heterocycles. The number of pyridine rings is 2. The topological polar surface area (TPSA) is 128 Å². The summed E-state index contributed by atoms with van der Waals surface area (Å²) in [4.78, 5) is 33.3. The highest BCUT2D eigenvalue weighted by molar-refractivity contribution is 6.70. The van der Waals surface area contributed by atoms with Gasteiger partial charge in [-0.3, -0.25) is 9.78 Å². The summed E-state index contributed by atoms with van der Waals surface area (Å²) in [6.07, 6.45) is 1.65. The van der Waals surface area contributed by atoms with Crippen LogP contribution in [-0.4, -0.2) is 55.3 Å². The molecule has 2 N–H and O–H groups in total. The zero-order chi connectivity index (χ0) is 21.3. The van der Waals surface area contributed by atoms with Crippen molar-refractivity contribution in [3.8, 4) is 11.5 Å². The number of hydrogen-bond acceptors (Lipinski definition) is 8. The van der Waals surface area contributed by atoms with Crippen LogP contribution in [0.5, 0.6) is 0 Å². The molecule has 0 atom stereocenters. The summed E-state index contributed by atoms with van der Waals surface area (Å²) in [6.45, 7) is 7.74. The largest absolute Gasteiger partial charge is 0.364 e. The summed E-state index contributed by atoms with van der Waals surface area (Å²) in [6, 6.07) is 9.20. The summed E-state index contributed by atoms with van der Waals surface area (Å²) in [7, 11) is 0. The molecular weight excluding hydrogens is 382 g/mol. The molecular formula is C20H21N9O. The Hall–Kier alpha value is -3.95. The van der Waals surface area contributed by atoms with Gasteiger partial charge in [-0.05, 0) is 45.0 Å². The van der Waals surface area contributed by atoms with Crippen molar-refractivity contribution in [2.45, 2.75) is 20.8 Å². The van der Waals surface area contributed by atoms with Gasteiger partial charge in [0.05, 0.1) is 11.4 Å². The van der Waals surface area contributed by atoms with Crippen molar-refractivity contribution < 1.29 is 4.79 Å². The van der Waals surface area contributed by atoms with Gasteiger partial charge in [-0.15, -0.1) is 15.0 Å². The van der Waals surface area contributed by atoms with Crippen molar-refractivity contribution in [1.29, 1.82) is 0 Å². The fourth-order valence-corrected chi connectivity index (χ4v) is 3.15. The Morgan fingerprint density at radius 2 is 1.97 bits per heavy atom. The molecule has 1 aliphatic heterocycles. The minimum Gasteiger partial charge on any atom is -0.364 e. The number of fused-ring (bicyclic) bond motifs is 1. The summed E-state index contributed by atoms with van der Waals surface area (Å²) in [5.74, 6) is 0.886. The lowest BCUT2D eigenvalue weighted by molar-refractivity contribution is -0.111. The minimum absolute atomic E-state index is 0.00444. The number of aromatic nitrogens is 5. The number of aliphatic imine (C=N–C) groups is 1. The van der Waals surface area contributed by atoms with Gasteiger partial charge in [0.25, 0.3) is 5.91 Å². The first-order chi connectivity index (χ1) is 14.5. The number of anilines is 1. The Bertz CT molecular complexity index is 1160. The highest BCUT2D eigenvalue weighted by Gasteiger charge is 2.31. The van der Waals surface area contributed by atoms with E-state index in [9.17, 15) is 4.79 Å². The number of rotatable bonds is 6. The van der Waals surface area contributed by atoms with Crippen molar-refractivity contribution in [3.63, 3.8) is 0 Å². The van der Waals surface area contributed by atoms with Crippen LogP contribution >= 0.6 is 0 Å². The molecule has 0 radical (unpaired) electrons. The second-order valence-corrected chi connectivity index (χ2v) is 6.58. The molecule has 0 saturated carbocycles.